The number of aryl methyl sites for hydroxylation is 2. The maximum absolute atomic E-state index is 5.66. The van der Waals surface area contributed by atoms with Gasteiger partial charge in [0.1, 0.15) is 0 Å². The summed E-state index contributed by atoms with van der Waals surface area (Å²) < 4.78 is 0. The molecule has 0 atom stereocenters. The number of nitrogens with zero attached hydrogens (tertiary/aromatic N) is 1. The first-order chi connectivity index (χ1) is 7.20. The summed E-state index contributed by atoms with van der Waals surface area (Å²) in [5.41, 5.74) is 8.73. The zero-order valence-corrected chi connectivity index (χ0v) is 9.77. The van der Waals surface area contributed by atoms with Crippen molar-refractivity contribution in [2.45, 2.75) is 20.3 Å². The smallest absolute Gasteiger partial charge is 0.0904 e. The van der Waals surface area contributed by atoms with Gasteiger partial charge in [0, 0.05) is 16.1 Å². The van der Waals surface area contributed by atoms with E-state index in [4.69, 9.17) is 5.73 Å². The highest BCUT2D eigenvalue weighted by Gasteiger charge is 2.08. The third-order valence-electron chi connectivity index (χ3n) is 2.31. The van der Waals surface area contributed by atoms with E-state index in [1.54, 1.807) is 11.3 Å². The molecular weight excluding hydrogens is 204 g/mol. The van der Waals surface area contributed by atoms with Gasteiger partial charge in [-0.1, -0.05) is 19.1 Å². The van der Waals surface area contributed by atoms with Crippen molar-refractivity contribution in [3.05, 3.63) is 34.2 Å². The summed E-state index contributed by atoms with van der Waals surface area (Å²) in [5, 5.41) is 1.12. The Morgan fingerprint density at radius 2 is 1.93 bits per heavy atom. The molecule has 0 bridgehead atoms. The number of hydrogen-bond donors (Lipinski definition) is 1. The molecule has 0 aliphatic heterocycles. The fraction of sp³-hybridized carbons (Fsp3) is 0.250. The minimum atomic E-state index is 0.795. The molecule has 0 unspecified atom stereocenters. The molecule has 1 heterocycles. The largest absolute Gasteiger partial charge is 0.399 e. The number of nitrogen functional groups attached to an aromatic ring is 1. The van der Waals surface area contributed by atoms with Crippen molar-refractivity contribution in [2.24, 2.45) is 0 Å². The third kappa shape index (κ3) is 2.02. The van der Waals surface area contributed by atoms with Gasteiger partial charge in [-0.3, -0.25) is 0 Å². The Kier molecular flexibility index (Phi) is 2.73. The quantitative estimate of drug-likeness (QED) is 0.786. The lowest BCUT2D eigenvalue weighted by molar-refractivity contribution is 1.16. The Balaban J connectivity index is 2.48. The van der Waals surface area contributed by atoms with Gasteiger partial charge in [-0.2, -0.15) is 0 Å². The first kappa shape index (κ1) is 10.2. The van der Waals surface area contributed by atoms with Crippen LogP contribution >= 0.6 is 11.3 Å². The fourth-order valence-electron chi connectivity index (χ4n) is 1.58. The second-order valence-corrected chi connectivity index (χ2v) is 4.77. The molecule has 0 aliphatic carbocycles. The molecule has 0 radical (unpaired) electrons. The number of hydrogen-bond acceptors (Lipinski definition) is 3. The van der Waals surface area contributed by atoms with E-state index in [-0.39, 0.29) is 0 Å². The van der Waals surface area contributed by atoms with Gasteiger partial charge in [0.15, 0.2) is 0 Å². The van der Waals surface area contributed by atoms with Crippen molar-refractivity contribution >= 4 is 17.0 Å². The van der Waals surface area contributed by atoms with E-state index in [0.717, 1.165) is 28.4 Å². The maximum atomic E-state index is 5.66. The summed E-state index contributed by atoms with van der Waals surface area (Å²) in [4.78, 5) is 5.90. The van der Waals surface area contributed by atoms with E-state index in [9.17, 15) is 0 Å². The highest BCUT2D eigenvalue weighted by atomic mass is 32.1. The van der Waals surface area contributed by atoms with Crippen LogP contribution in [0.15, 0.2) is 24.3 Å². The monoisotopic (exact) mass is 218 g/mol. The van der Waals surface area contributed by atoms with Gasteiger partial charge in [0.05, 0.1) is 10.7 Å². The number of anilines is 1. The van der Waals surface area contributed by atoms with Gasteiger partial charge in [0.2, 0.25) is 0 Å². The minimum Gasteiger partial charge on any atom is -0.399 e. The number of nitrogens with two attached hydrogens (primary N) is 1. The Bertz CT molecular complexity index is 457. The van der Waals surface area contributed by atoms with Crippen LogP contribution in [0.25, 0.3) is 11.3 Å². The molecule has 2 N–H and O–H groups in total. The first-order valence-corrected chi connectivity index (χ1v) is 5.84. The topological polar surface area (TPSA) is 38.9 Å². The van der Waals surface area contributed by atoms with Crippen molar-refractivity contribution in [1.82, 2.24) is 4.98 Å². The van der Waals surface area contributed by atoms with Crippen molar-refractivity contribution < 1.29 is 0 Å². The molecule has 1 aromatic carbocycles. The number of thiazole rings is 1. The molecule has 2 nitrogen and oxygen atoms in total. The second-order valence-electron chi connectivity index (χ2n) is 3.48. The molecule has 0 saturated carbocycles. The van der Waals surface area contributed by atoms with E-state index in [2.05, 4.69) is 11.9 Å². The zero-order chi connectivity index (χ0) is 10.8. The summed E-state index contributed by atoms with van der Waals surface area (Å²) in [7, 11) is 0. The van der Waals surface area contributed by atoms with Crippen molar-refractivity contribution in [3.63, 3.8) is 0 Å². The molecular formula is C12H14N2S. The van der Waals surface area contributed by atoms with Crippen molar-refractivity contribution in [1.29, 1.82) is 0 Å². The molecule has 2 aromatic rings. The van der Waals surface area contributed by atoms with E-state index in [1.807, 2.05) is 31.2 Å². The molecule has 2 rings (SSSR count). The van der Waals surface area contributed by atoms with Crippen molar-refractivity contribution in [2.75, 3.05) is 5.73 Å². The average Bonchev–Trinajstić information content (AvgIpc) is 2.61. The number of rotatable bonds is 2. The summed E-state index contributed by atoms with van der Waals surface area (Å²) in [5.74, 6) is 0. The average molecular weight is 218 g/mol. The highest BCUT2D eigenvalue weighted by Crippen LogP contribution is 2.28. The molecule has 0 amide bonds. The van der Waals surface area contributed by atoms with Crippen molar-refractivity contribution in [3.8, 4) is 11.3 Å². The highest BCUT2D eigenvalue weighted by molar-refractivity contribution is 7.12. The molecule has 0 aliphatic rings. The Hall–Kier alpha value is -1.35. The standard InChI is InChI=1S/C12H14N2S/c1-3-11-12(14-8(2)15-11)9-4-6-10(13)7-5-9/h4-7H,3,13H2,1-2H3. The van der Waals surface area contributed by atoms with Crippen LogP contribution in [0.2, 0.25) is 0 Å². The summed E-state index contributed by atoms with van der Waals surface area (Å²) >= 11 is 1.77. The molecule has 0 spiro atoms. The van der Waals surface area contributed by atoms with Gasteiger partial charge in [-0.05, 0) is 25.5 Å². The SMILES string of the molecule is CCc1sc(C)nc1-c1ccc(N)cc1. The van der Waals surface area contributed by atoms with E-state index >= 15 is 0 Å². The van der Waals surface area contributed by atoms with Crippen LogP contribution in [0.5, 0.6) is 0 Å². The maximum Gasteiger partial charge on any atom is 0.0904 e. The first-order valence-electron chi connectivity index (χ1n) is 5.03. The van der Waals surface area contributed by atoms with Gasteiger partial charge >= 0.3 is 0 Å². The Morgan fingerprint density at radius 1 is 1.27 bits per heavy atom. The van der Waals surface area contributed by atoms with Crippen LogP contribution in [-0.4, -0.2) is 4.98 Å². The Labute approximate surface area is 93.8 Å². The van der Waals surface area contributed by atoms with Crippen LogP contribution in [-0.2, 0) is 6.42 Å². The minimum absolute atomic E-state index is 0.795. The van der Waals surface area contributed by atoms with E-state index < -0.39 is 0 Å². The van der Waals surface area contributed by atoms with Crippen LogP contribution < -0.4 is 5.73 Å². The molecule has 1 aromatic heterocycles. The van der Waals surface area contributed by atoms with E-state index in [0.29, 0.717) is 0 Å². The lowest BCUT2D eigenvalue weighted by Crippen LogP contribution is -1.86. The van der Waals surface area contributed by atoms with Gasteiger partial charge in [-0.25, -0.2) is 4.98 Å². The lowest BCUT2D eigenvalue weighted by atomic mass is 10.1. The van der Waals surface area contributed by atoms with Gasteiger partial charge in [0.25, 0.3) is 0 Å². The van der Waals surface area contributed by atoms with Gasteiger partial charge in [-0.15, -0.1) is 11.3 Å². The predicted octanol–water partition coefficient (Wildman–Crippen LogP) is 3.26. The second kappa shape index (κ2) is 4.03. The predicted molar refractivity (Wildman–Crippen MR) is 66.1 cm³/mol. The number of aromatic nitrogens is 1. The van der Waals surface area contributed by atoms with Crippen LogP contribution in [0.1, 0.15) is 16.8 Å². The summed E-state index contributed by atoms with van der Waals surface area (Å²) in [6.45, 7) is 4.21. The summed E-state index contributed by atoms with van der Waals surface area (Å²) in [6, 6.07) is 7.90. The normalized spacial score (nSPS) is 10.5. The fourth-order valence-corrected chi connectivity index (χ4v) is 2.47. The Morgan fingerprint density at radius 3 is 2.53 bits per heavy atom. The molecule has 15 heavy (non-hydrogen) atoms. The zero-order valence-electron chi connectivity index (χ0n) is 8.95. The third-order valence-corrected chi connectivity index (χ3v) is 3.42. The van der Waals surface area contributed by atoms with Crippen LogP contribution in [0.3, 0.4) is 0 Å². The van der Waals surface area contributed by atoms with E-state index in [1.165, 1.54) is 4.88 Å². The van der Waals surface area contributed by atoms with Crippen LogP contribution in [0, 0.1) is 6.92 Å². The molecule has 0 saturated heterocycles. The number of benzene rings is 1. The lowest BCUT2D eigenvalue weighted by Gasteiger charge is -2.00. The van der Waals surface area contributed by atoms with Crippen LogP contribution in [0.4, 0.5) is 5.69 Å². The molecule has 78 valence electrons. The molecule has 0 fully saturated rings. The molecule has 3 heteroatoms. The summed E-state index contributed by atoms with van der Waals surface area (Å²) in [6.07, 6.45) is 1.03. The van der Waals surface area contributed by atoms with Gasteiger partial charge < -0.3 is 5.73 Å².